The molecule has 0 saturated heterocycles. The summed E-state index contributed by atoms with van der Waals surface area (Å²) in [4.78, 5) is 12.2. The van der Waals surface area contributed by atoms with E-state index in [-0.39, 0.29) is 16.4 Å². The van der Waals surface area contributed by atoms with Crippen molar-refractivity contribution in [3.63, 3.8) is 0 Å². The van der Waals surface area contributed by atoms with E-state index in [0.29, 0.717) is 12.4 Å². The van der Waals surface area contributed by atoms with Crippen molar-refractivity contribution in [3.8, 4) is 5.75 Å². The molecule has 0 heterocycles. The van der Waals surface area contributed by atoms with Crippen molar-refractivity contribution in [1.82, 2.24) is 5.32 Å². The molecule has 0 radical (unpaired) electrons. The van der Waals surface area contributed by atoms with Crippen LogP contribution in [0.2, 0.25) is 0 Å². The van der Waals surface area contributed by atoms with Gasteiger partial charge in [0.05, 0.1) is 17.9 Å². The van der Waals surface area contributed by atoms with Crippen LogP contribution in [-0.4, -0.2) is 17.6 Å². The SMILES string of the molecule is CCOc1cccc(C(=O)NC(=S)Nc2ccccc2C(F)(F)F)c1. The van der Waals surface area contributed by atoms with Gasteiger partial charge in [-0.15, -0.1) is 0 Å². The van der Waals surface area contributed by atoms with Gasteiger partial charge in [-0.2, -0.15) is 13.2 Å². The van der Waals surface area contributed by atoms with Crippen LogP contribution in [0.5, 0.6) is 5.75 Å². The van der Waals surface area contributed by atoms with E-state index in [1.807, 2.05) is 6.92 Å². The summed E-state index contributed by atoms with van der Waals surface area (Å²) in [6.07, 6.45) is -4.53. The Hall–Kier alpha value is -2.61. The second-order valence-electron chi connectivity index (χ2n) is 4.91. The summed E-state index contributed by atoms with van der Waals surface area (Å²) < 4.78 is 44.2. The van der Waals surface area contributed by atoms with Crippen molar-refractivity contribution in [3.05, 3.63) is 59.7 Å². The molecular weight excluding hydrogens is 353 g/mol. The second-order valence-corrected chi connectivity index (χ2v) is 5.32. The quantitative estimate of drug-likeness (QED) is 0.793. The third-order valence-electron chi connectivity index (χ3n) is 3.11. The van der Waals surface area contributed by atoms with E-state index in [2.05, 4.69) is 10.6 Å². The number of para-hydroxylation sites is 1. The van der Waals surface area contributed by atoms with Gasteiger partial charge < -0.3 is 10.1 Å². The molecule has 0 aliphatic rings. The smallest absolute Gasteiger partial charge is 0.418 e. The Bertz CT molecular complexity index is 778. The van der Waals surface area contributed by atoms with Crippen molar-refractivity contribution in [2.24, 2.45) is 0 Å². The maximum atomic E-state index is 13.0. The predicted molar refractivity (Wildman–Crippen MR) is 92.7 cm³/mol. The van der Waals surface area contributed by atoms with Crippen molar-refractivity contribution in [2.75, 3.05) is 11.9 Å². The van der Waals surface area contributed by atoms with Crippen molar-refractivity contribution < 1.29 is 22.7 Å². The summed E-state index contributed by atoms with van der Waals surface area (Å²) in [6, 6.07) is 11.3. The van der Waals surface area contributed by atoms with Crippen molar-refractivity contribution in [1.29, 1.82) is 0 Å². The maximum absolute atomic E-state index is 13.0. The van der Waals surface area contributed by atoms with Crippen LogP contribution in [0.15, 0.2) is 48.5 Å². The van der Waals surface area contributed by atoms with E-state index in [9.17, 15) is 18.0 Å². The van der Waals surface area contributed by atoms with Crippen molar-refractivity contribution >= 4 is 28.9 Å². The molecule has 0 bridgehead atoms. The first-order chi connectivity index (χ1) is 11.8. The van der Waals surface area contributed by atoms with Crippen LogP contribution < -0.4 is 15.4 Å². The number of hydrogen-bond acceptors (Lipinski definition) is 3. The van der Waals surface area contributed by atoms with Crippen LogP contribution in [0, 0.1) is 0 Å². The molecule has 8 heteroatoms. The fourth-order valence-corrected chi connectivity index (χ4v) is 2.26. The first kappa shape index (κ1) is 18.7. The molecule has 0 fully saturated rings. The van der Waals surface area contributed by atoms with Gasteiger partial charge >= 0.3 is 6.18 Å². The molecule has 2 rings (SSSR count). The normalized spacial score (nSPS) is 10.9. The van der Waals surface area contributed by atoms with Gasteiger partial charge in [0.1, 0.15) is 5.75 Å². The highest BCUT2D eigenvalue weighted by Gasteiger charge is 2.33. The summed E-state index contributed by atoms with van der Waals surface area (Å²) in [5, 5.41) is 4.52. The molecule has 2 aromatic rings. The molecule has 0 aliphatic heterocycles. The number of benzene rings is 2. The van der Waals surface area contributed by atoms with Gasteiger partial charge in [-0.3, -0.25) is 10.1 Å². The van der Waals surface area contributed by atoms with Crippen molar-refractivity contribution in [2.45, 2.75) is 13.1 Å². The number of alkyl halides is 3. The van der Waals surface area contributed by atoms with E-state index >= 15 is 0 Å². The van der Waals surface area contributed by atoms with Crippen LogP contribution in [0.4, 0.5) is 18.9 Å². The minimum atomic E-state index is -4.53. The monoisotopic (exact) mass is 368 g/mol. The van der Waals surface area contributed by atoms with Crippen LogP contribution in [0.3, 0.4) is 0 Å². The van der Waals surface area contributed by atoms with Gasteiger partial charge in [0.2, 0.25) is 0 Å². The Kier molecular flexibility index (Phi) is 5.97. The molecule has 4 nitrogen and oxygen atoms in total. The van der Waals surface area contributed by atoms with Gasteiger partial charge in [-0.1, -0.05) is 18.2 Å². The lowest BCUT2D eigenvalue weighted by molar-refractivity contribution is -0.136. The topological polar surface area (TPSA) is 50.4 Å². The first-order valence-electron chi connectivity index (χ1n) is 7.32. The van der Waals surface area contributed by atoms with Crippen LogP contribution in [0.1, 0.15) is 22.8 Å². The number of carbonyl (C=O) groups is 1. The second kappa shape index (κ2) is 7.98. The zero-order chi connectivity index (χ0) is 18.4. The Morgan fingerprint density at radius 3 is 2.56 bits per heavy atom. The highest BCUT2D eigenvalue weighted by molar-refractivity contribution is 7.80. The molecular formula is C17H15F3N2O2S. The Morgan fingerprint density at radius 1 is 1.16 bits per heavy atom. The number of rotatable bonds is 4. The number of thiocarbonyl (C=S) groups is 1. The lowest BCUT2D eigenvalue weighted by Gasteiger charge is -2.15. The number of amides is 1. The van der Waals surface area contributed by atoms with Crippen LogP contribution in [0.25, 0.3) is 0 Å². The number of hydrogen-bond donors (Lipinski definition) is 2. The summed E-state index contributed by atoms with van der Waals surface area (Å²) >= 11 is 4.94. The summed E-state index contributed by atoms with van der Waals surface area (Å²) in [7, 11) is 0. The van der Waals surface area contributed by atoms with Gasteiger partial charge in [-0.05, 0) is 49.5 Å². The van der Waals surface area contributed by atoms with Crippen LogP contribution >= 0.6 is 12.2 Å². The summed E-state index contributed by atoms with van der Waals surface area (Å²) in [6.45, 7) is 2.25. The molecule has 0 aliphatic carbocycles. The fraction of sp³-hybridized carbons (Fsp3) is 0.176. The first-order valence-corrected chi connectivity index (χ1v) is 7.73. The standard InChI is InChI=1S/C17H15F3N2O2S/c1-2-24-12-7-5-6-11(10-12)15(23)22-16(25)21-14-9-4-3-8-13(14)17(18,19)20/h3-10H,2H2,1H3,(H2,21,22,23,25). The summed E-state index contributed by atoms with van der Waals surface area (Å²) in [5.41, 5.74) is -0.826. The van der Waals surface area contributed by atoms with E-state index < -0.39 is 17.6 Å². The third kappa shape index (κ3) is 5.18. The molecule has 2 N–H and O–H groups in total. The Labute approximate surface area is 148 Å². The zero-order valence-corrected chi connectivity index (χ0v) is 14.0. The fourth-order valence-electron chi connectivity index (χ4n) is 2.06. The molecule has 0 saturated carbocycles. The minimum Gasteiger partial charge on any atom is -0.494 e. The molecule has 0 unspecified atom stereocenters. The lowest BCUT2D eigenvalue weighted by Crippen LogP contribution is -2.34. The molecule has 0 spiro atoms. The van der Waals surface area contributed by atoms with E-state index in [1.54, 1.807) is 18.2 Å². The molecule has 2 aromatic carbocycles. The van der Waals surface area contributed by atoms with E-state index in [1.165, 1.54) is 24.3 Å². The third-order valence-corrected chi connectivity index (χ3v) is 3.32. The van der Waals surface area contributed by atoms with Crippen LogP contribution in [-0.2, 0) is 6.18 Å². The minimum absolute atomic E-state index is 0.233. The lowest BCUT2D eigenvalue weighted by atomic mass is 10.1. The highest BCUT2D eigenvalue weighted by Crippen LogP contribution is 2.34. The number of nitrogens with one attached hydrogen (secondary N) is 2. The van der Waals surface area contributed by atoms with Gasteiger partial charge in [0, 0.05) is 5.56 Å². The Morgan fingerprint density at radius 2 is 1.88 bits per heavy atom. The van der Waals surface area contributed by atoms with E-state index in [4.69, 9.17) is 17.0 Å². The average Bonchev–Trinajstić information content (AvgIpc) is 2.55. The number of halogens is 3. The van der Waals surface area contributed by atoms with Gasteiger partial charge in [0.25, 0.3) is 5.91 Å². The Balaban J connectivity index is 2.08. The largest absolute Gasteiger partial charge is 0.494 e. The molecule has 0 atom stereocenters. The number of carbonyl (C=O) groups excluding carboxylic acids is 1. The van der Waals surface area contributed by atoms with Gasteiger partial charge in [-0.25, -0.2) is 0 Å². The number of ether oxygens (including phenoxy) is 1. The molecule has 25 heavy (non-hydrogen) atoms. The molecule has 132 valence electrons. The molecule has 1 amide bonds. The van der Waals surface area contributed by atoms with E-state index in [0.717, 1.165) is 6.07 Å². The molecule has 0 aromatic heterocycles. The van der Waals surface area contributed by atoms with Gasteiger partial charge in [0.15, 0.2) is 5.11 Å². The highest BCUT2D eigenvalue weighted by atomic mass is 32.1. The predicted octanol–water partition coefficient (Wildman–Crippen LogP) is 4.23. The maximum Gasteiger partial charge on any atom is 0.418 e. The number of anilines is 1. The summed E-state index contributed by atoms with van der Waals surface area (Å²) in [5.74, 6) is -0.0417. The zero-order valence-electron chi connectivity index (χ0n) is 13.2. The average molecular weight is 368 g/mol.